The number of carboxylic acid groups (broad SMARTS) is 1. The molecule has 0 aromatic heterocycles. The number of hydrogen-bond acceptors (Lipinski definition) is 3. The van der Waals surface area contributed by atoms with E-state index in [9.17, 15) is 4.79 Å². The fourth-order valence-electron chi connectivity index (χ4n) is 0.794. The molecule has 0 aliphatic heterocycles. The second-order valence-corrected chi connectivity index (χ2v) is 2.96. The third kappa shape index (κ3) is 11.1. The number of allylic oxidation sites excluding steroid dienone is 1. The van der Waals surface area contributed by atoms with E-state index in [1.165, 1.54) is 0 Å². The molecule has 0 aromatic carbocycles. The normalized spacial score (nSPS) is 10.9. The van der Waals surface area contributed by atoms with Crippen LogP contribution in [0.3, 0.4) is 0 Å². The summed E-state index contributed by atoms with van der Waals surface area (Å²) in [5.74, 6) is -0.845. The van der Waals surface area contributed by atoms with E-state index in [0.29, 0.717) is 5.57 Å². The summed E-state index contributed by atoms with van der Waals surface area (Å²) in [6, 6.07) is 0. The number of carbonyl (C=O) groups is 1. The third-order valence-electron chi connectivity index (χ3n) is 1.92. The predicted molar refractivity (Wildman–Crippen MR) is 63.7 cm³/mol. The molecule has 0 spiro atoms. The lowest BCUT2D eigenvalue weighted by atomic mass is 10.3. The fraction of sp³-hybridized carbons (Fsp3) is 0.727. The summed E-state index contributed by atoms with van der Waals surface area (Å²) in [5.41, 5.74) is 3.60. The molecule has 0 atom stereocenters. The van der Waals surface area contributed by atoms with Crippen molar-refractivity contribution in [1.29, 1.82) is 0 Å². The largest absolute Gasteiger partial charge is 0.478 e. The van der Waals surface area contributed by atoms with E-state index in [1.807, 2.05) is 0 Å². The Balaban J connectivity index is 0. The first-order chi connectivity index (χ1) is 7.03. The molecule has 90 valence electrons. The van der Waals surface area contributed by atoms with Crippen LogP contribution in [0.1, 0.15) is 34.6 Å². The monoisotopic (exact) mass is 216 g/mol. The van der Waals surface area contributed by atoms with Gasteiger partial charge in [0, 0.05) is 25.2 Å². The molecule has 4 heteroatoms. The molecule has 0 saturated heterocycles. The van der Waals surface area contributed by atoms with Crippen LogP contribution in [-0.4, -0.2) is 35.7 Å². The Labute approximate surface area is 92.9 Å². The van der Waals surface area contributed by atoms with Crippen molar-refractivity contribution in [3.05, 3.63) is 11.6 Å². The average Bonchev–Trinajstić information content (AvgIpc) is 2.25. The van der Waals surface area contributed by atoms with Gasteiger partial charge in [0.05, 0.1) is 0 Å². The molecule has 0 unspecified atom stereocenters. The molecule has 0 aliphatic rings. The zero-order valence-electron chi connectivity index (χ0n) is 10.5. The van der Waals surface area contributed by atoms with Crippen LogP contribution in [0.15, 0.2) is 11.6 Å². The van der Waals surface area contributed by atoms with E-state index < -0.39 is 5.97 Å². The summed E-state index contributed by atoms with van der Waals surface area (Å²) in [4.78, 5) is 9.86. The summed E-state index contributed by atoms with van der Waals surface area (Å²) >= 11 is 0. The first kappa shape index (κ1) is 16.6. The van der Waals surface area contributed by atoms with Crippen LogP contribution in [0.5, 0.6) is 0 Å². The van der Waals surface area contributed by atoms with Gasteiger partial charge < -0.3 is 5.11 Å². The number of carboxylic acids is 1. The van der Waals surface area contributed by atoms with Crippen molar-refractivity contribution >= 4 is 5.97 Å². The SMILES string of the molecule is CC=C(C)C(=O)O.CCNN(CC)CC. The predicted octanol–water partition coefficient (Wildman–Crippen LogP) is 1.89. The Kier molecular flexibility index (Phi) is 12.4. The molecule has 0 saturated carbocycles. The van der Waals surface area contributed by atoms with Crippen LogP contribution < -0.4 is 5.43 Å². The van der Waals surface area contributed by atoms with Crippen molar-refractivity contribution in [1.82, 2.24) is 10.4 Å². The zero-order chi connectivity index (χ0) is 12.3. The number of aliphatic carboxylic acids is 1. The van der Waals surface area contributed by atoms with Crippen molar-refractivity contribution in [3.8, 4) is 0 Å². The van der Waals surface area contributed by atoms with Crippen molar-refractivity contribution in [3.63, 3.8) is 0 Å². The molecular weight excluding hydrogens is 192 g/mol. The Bertz CT molecular complexity index is 187. The average molecular weight is 216 g/mol. The van der Waals surface area contributed by atoms with Gasteiger partial charge in [-0.05, 0) is 13.8 Å². The maximum Gasteiger partial charge on any atom is 0.330 e. The smallest absolute Gasteiger partial charge is 0.330 e. The lowest BCUT2D eigenvalue weighted by Crippen LogP contribution is -2.37. The quantitative estimate of drug-likeness (QED) is 0.544. The third-order valence-corrected chi connectivity index (χ3v) is 1.92. The van der Waals surface area contributed by atoms with Crippen LogP contribution in [0.4, 0.5) is 0 Å². The van der Waals surface area contributed by atoms with Gasteiger partial charge >= 0.3 is 5.97 Å². The molecule has 0 bridgehead atoms. The zero-order valence-corrected chi connectivity index (χ0v) is 10.5. The van der Waals surface area contributed by atoms with Gasteiger partial charge in [0.15, 0.2) is 0 Å². The first-order valence-electron chi connectivity index (χ1n) is 5.37. The van der Waals surface area contributed by atoms with Gasteiger partial charge in [0.2, 0.25) is 0 Å². The number of hydrazine groups is 1. The van der Waals surface area contributed by atoms with Gasteiger partial charge in [0.1, 0.15) is 0 Å². The second-order valence-electron chi connectivity index (χ2n) is 2.96. The van der Waals surface area contributed by atoms with Crippen molar-refractivity contribution in [2.24, 2.45) is 0 Å². The van der Waals surface area contributed by atoms with Crippen LogP contribution in [-0.2, 0) is 4.79 Å². The Morgan fingerprint density at radius 3 is 1.87 bits per heavy atom. The molecule has 0 heterocycles. The molecule has 15 heavy (non-hydrogen) atoms. The van der Waals surface area contributed by atoms with Gasteiger partial charge in [-0.1, -0.05) is 26.8 Å². The molecule has 0 fully saturated rings. The summed E-state index contributed by atoms with van der Waals surface area (Å²) in [6.45, 7) is 12.9. The number of hydrogen-bond donors (Lipinski definition) is 2. The van der Waals surface area contributed by atoms with Gasteiger partial charge in [-0.3, -0.25) is 5.43 Å². The van der Waals surface area contributed by atoms with E-state index in [1.54, 1.807) is 19.9 Å². The van der Waals surface area contributed by atoms with Crippen molar-refractivity contribution in [2.75, 3.05) is 19.6 Å². The van der Waals surface area contributed by atoms with E-state index in [-0.39, 0.29) is 0 Å². The standard InChI is InChI=1S/C6H16N2.C5H8O2/c1-4-7-8(5-2)6-3;1-3-4(2)5(6)7/h7H,4-6H2,1-3H3;3H,1-2H3,(H,6,7). The number of nitrogens with one attached hydrogen (secondary N) is 1. The second kappa shape index (κ2) is 11.2. The Hall–Kier alpha value is -0.870. The molecule has 4 nitrogen and oxygen atoms in total. The summed E-state index contributed by atoms with van der Waals surface area (Å²) in [5, 5.41) is 10.3. The lowest BCUT2D eigenvalue weighted by Gasteiger charge is -2.17. The highest BCUT2D eigenvalue weighted by Crippen LogP contribution is 1.87. The van der Waals surface area contributed by atoms with Gasteiger partial charge in [-0.15, -0.1) is 0 Å². The van der Waals surface area contributed by atoms with Crippen molar-refractivity contribution in [2.45, 2.75) is 34.6 Å². The van der Waals surface area contributed by atoms with Crippen LogP contribution in [0.2, 0.25) is 0 Å². The topological polar surface area (TPSA) is 52.6 Å². The molecule has 0 amide bonds. The van der Waals surface area contributed by atoms with Gasteiger partial charge in [0.25, 0.3) is 0 Å². The minimum Gasteiger partial charge on any atom is -0.478 e. The minimum absolute atomic E-state index is 0.389. The molecule has 0 rings (SSSR count). The van der Waals surface area contributed by atoms with E-state index in [0.717, 1.165) is 19.6 Å². The Morgan fingerprint density at radius 2 is 1.80 bits per heavy atom. The van der Waals surface area contributed by atoms with Gasteiger partial charge in [-0.25, -0.2) is 9.80 Å². The van der Waals surface area contributed by atoms with Crippen LogP contribution >= 0.6 is 0 Å². The highest BCUT2D eigenvalue weighted by Gasteiger charge is 1.93. The Morgan fingerprint density at radius 1 is 1.33 bits per heavy atom. The van der Waals surface area contributed by atoms with Crippen LogP contribution in [0, 0.1) is 0 Å². The molecule has 2 N–H and O–H groups in total. The van der Waals surface area contributed by atoms with E-state index in [2.05, 4.69) is 31.2 Å². The highest BCUT2D eigenvalue weighted by molar-refractivity contribution is 5.85. The first-order valence-corrected chi connectivity index (χ1v) is 5.37. The summed E-state index contributed by atoms with van der Waals surface area (Å²) < 4.78 is 0. The van der Waals surface area contributed by atoms with Crippen LogP contribution in [0.25, 0.3) is 0 Å². The lowest BCUT2D eigenvalue weighted by molar-refractivity contribution is -0.132. The minimum atomic E-state index is -0.845. The molecule has 0 radical (unpaired) electrons. The summed E-state index contributed by atoms with van der Waals surface area (Å²) in [6.07, 6.45) is 1.56. The maximum absolute atomic E-state index is 9.86. The van der Waals surface area contributed by atoms with Gasteiger partial charge in [-0.2, -0.15) is 0 Å². The summed E-state index contributed by atoms with van der Waals surface area (Å²) in [7, 11) is 0. The maximum atomic E-state index is 9.86. The number of rotatable bonds is 5. The highest BCUT2D eigenvalue weighted by atomic mass is 16.4. The molecular formula is C11H24N2O2. The number of nitrogens with zero attached hydrogens (tertiary/aromatic N) is 1. The molecule has 0 aromatic rings. The van der Waals surface area contributed by atoms with Crippen molar-refractivity contribution < 1.29 is 9.90 Å². The van der Waals surface area contributed by atoms with E-state index >= 15 is 0 Å². The fourth-order valence-corrected chi connectivity index (χ4v) is 0.794. The molecule has 0 aliphatic carbocycles. The van der Waals surface area contributed by atoms with E-state index in [4.69, 9.17) is 5.11 Å².